The van der Waals surface area contributed by atoms with E-state index in [1.807, 2.05) is 11.0 Å². The molecule has 0 spiro atoms. The van der Waals surface area contributed by atoms with E-state index in [1.54, 1.807) is 31.5 Å². The molecular formula is C23H26N4O3. The highest BCUT2D eigenvalue weighted by molar-refractivity contribution is 6.07. The van der Waals surface area contributed by atoms with Crippen LogP contribution in [-0.4, -0.2) is 51.2 Å². The summed E-state index contributed by atoms with van der Waals surface area (Å²) in [6.45, 7) is 5.19. The molecule has 0 aliphatic carbocycles. The summed E-state index contributed by atoms with van der Waals surface area (Å²) in [7, 11) is 3.07. The molecular weight excluding hydrogens is 380 g/mol. The maximum absolute atomic E-state index is 12.7. The zero-order valence-electron chi connectivity index (χ0n) is 17.5. The van der Waals surface area contributed by atoms with Crippen LogP contribution in [0.3, 0.4) is 0 Å². The van der Waals surface area contributed by atoms with E-state index >= 15 is 0 Å². The standard InChI is InChI=1S/C23H26N4O3/c1-17-5-4-6-19(13-17)27-11-9-26(10-12-27)16-18(15-24)23(28)25-21-14-20(29-2)7-8-22(21)30-3/h4-8,13-14,16H,9-12H2,1-3H3,(H,25,28)/b18-16-. The fraction of sp³-hybridized carbons (Fsp3) is 0.304. The first kappa shape index (κ1) is 21.1. The Morgan fingerprint density at radius 2 is 1.87 bits per heavy atom. The van der Waals surface area contributed by atoms with Crippen LogP contribution >= 0.6 is 0 Å². The number of hydrogen-bond donors (Lipinski definition) is 1. The van der Waals surface area contributed by atoms with Gasteiger partial charge in [-0.3, -0.25) is 4.79 Å². The van der Waals surface area contributed by atoms with Gasteiger partial charge in [-0.2, -0.15) is 5.26 Å². The van der Waals surface area contributed by atoms with Crippen molar-refractivity contribution in [2.75, 3.05) is 50.6 Å². The van der Waals surface area contributed by atoms with Crippen molar-refractivity contribution in [1.82, 2.24) is 4.90 Å². The van der Waals surface area contributed by atoms with E-state index in [0.29, 0.717) is 17.2 Å². The number of ether oxygens (including phenoxy) is 2. The molecule has 2 aromatic rings. The molecule has 0 radical (unpaired) electrons. The molecule has 1 amide bonds. The van der Waals surface area contributed by atoms with Gasteiger partial charge in [-0.25, -0.2) is 0 Å². The van der Waals surface area contributed by atoms with Crippen LogP contribution in [0.15, 0.2) is 54.2 Å². The lowest BCUT2D eigenvalue weighted by atomic mass is 10.2. The Bertz CT molecular complexity index is 973. The Labute approximate surface area is 177 Å². The second-order valence-corrected chi connectivity index (χ2v) is 7.04. The lowest BCUT2D eigenvalue weighted by molar-refractivity contribution is -0.112. The zero-order chi connectivity index (χ0) is 21.5. The van der Waals surface area contributed by atoms with Crippen molar-refractivity contribution in [1.29, 1.82) is 5.26 Å². The molecule has 1 N–H and O–H groups in total. The number of piperazine rings is 1. The van der Waals surface area contributed by atoms with E-state index in [0.717, 1.165) is 26.2 Å². The minimum absolute atomic E-state index is 0.0453. The molecule has 1 aliphatic rings. The molecule has 3 rings (SSSR count). The van der Waals surface area contributed by atoms with Gasteiger partial charge in [0, 0.05) is 44.1 Å². The quantitative estimate of drug-likeness (QED) is 0.586. The highest BCUT2D eigenvalue weighted by atomic mass is 16.5. The first-order valence-electron chi connectivity index (χ1n) is 9.75. The Morgan fingerprint density at radius 1 is 1.10 bits per heavy atom. The third kappa shape index (κ3) is 5.03. The molecule has 1 heterocycles. The van der Waals surface area contributed by atoms with Gasteiger partial charge in [0.2, 0.25) is 0 Å². The monoisotopic (exact) mass is 406 g/mol. The Kier molecular flexibility index (Phi) is 6.81. The maximum Gasteiger partial charge on any atom is 0.267 e. The van der Waals surface area contributed by atoms with Gasteiger partial charge in [-0.05, 0) is 36.8 Å². The lowest BCUT2D eigenvalue weighted by Gasteiger charge is -2.35. The molecule has 156 valence electrons. The molecule has 0 aromatic heterocycles. The molecule has 0 unspecified atom stereocenters. The van der Waals surface area contributed by atoms with Crippen molar-refractivity contribution in [3.8, 4) is 17.6 Å². The topological polar surface area (TPSA) is 77.8 Å². The second-order valence-electron chi connectivity index (χ2n) is 7.04. The van der Waals surface area contributed by atoms with Gasteiger partial charge in [-0.15, -0.1) is 0 Å². The number of amides is 1. The summed E-state index contributed by atoms with van der Waals surface area (Å²) < 4.78 is 10.5. The van der Waals surface area contributed by atoms with E-state index in [9.17, 15) is 10.1 Å². The molecule has 7 nitrogen and oxygen atoms in total. The zero-order valence-corrected chi connectivity index (χ0v) is 17.5. The Balaban J connectivity index is 1.66. The summed E-state index contributed by atoms with van der Waals surface area (Å²) in [6.07, 6.45) is 1.63. The lowest BCUT2D eigenvalue weighted by Crippen LogP contribution is -2.44. The SMILES string of the molecule is COc1ccc(OC)c(NC(=O)/C(C#N)=C\N2CCN(c3cccc(C)c3)CC2)c1. The van der Waals surface area contributed by atoms with Gasteiger partial charge in [-0.1, -0.05) is 12.1 Å². The first-order valence-corrected chi connectivity index (χ1v) is 9.75. The van der Waals surface area contributed by atoms with Gasteiger partial charge in [0.1, 0.15) is 23.1 Å². The number of benzene rings is 2. The largest absolute Gasteiger partial charge is 0.497 e. The van der Waals surface area contributed by atoms with Crippen LogP contribution in [0.1, 0.15) is 5.56 Å². The molecule has 1 aliphatic heterocycles. The van der Waals surface area contributed by atoms with Crippen molar-refractivity contribution < 1.29 is 14.3 Å². The molecule has 30 heavy (non-hydrogen) atoms. The van der Waals surface area contributed by atoms with Crippen molar-refractivity contribution in [3.05, 3.63) is 59.8 Å². The van der Waals surface area contributed by atoms with Gasteiger partial charge < -0.3 is 24.6 Å². The Morgan fingerprint density at radius 3 is 2.50 bits per heavy atom. The van der Waals surface area contributed by atoms with E-state index < -0.39 is 5.91 Å². The smallest absolute Gasteiger partial charge is 0.267 e. The number of nitriles is 1. The first-order chi connectivity index (χ1) is 14.5. The molecule has 0 saturated carbocycles. The summed E-state index contributed by atoms with van der Waals surface area (Å²) in [5.74, 6) is 0.597. The van der Waals surface area contributed by atoms with Crippen LogP contribution < -0.4 is 19.7 Å². The fourth-order valence-corrected chi connectivity index (χ4v) is 3.36. The third-order valence-corrected chi connectivity index (χ3v) is 5.01. The summed E-state index contributed by atoms with van der Waals surface area (Å²) >= 11 is 0. The van der Waals surface area contributed by atoms with Crippen LogP contribution in [-0.2, 0) is 4.79 Å². The second kappa shape index (κ2) is 9.70. The molecule has 0 bridgehead atoms. The minimum atomic E-state index is -0.481. The predicted molar refractivity (Wildman–Crippen MR) is 117 cm³/mol. The van der Waals surface area contributed by atoms with Crippen LogP contribution in [0.2, 0.25) is 0 Å². The van der Waals surface area contributed by atoms with Crippen LogP contribution in [0.4, 0.5) is 11.4 Å². The number of rotatable bonds is 6. The van der Waals surface area contributed by atoms with Crippen molar-refractivity contribution in [2.24, 2.45) is 0 Å². The number of hydrogen-bond acceptors (Lipinski definition) is 6. The molecule has 0 atom stereocenters. The van der Waals surface area contributed by atoms with Crippen LogP contribution in [0, 0.1) is 18.3 Å². The van der Waals surface area contributed by atoms with Crippen molar-refractivity contribution in [2.45, 2.75) is 6.92 Å². The highest BCUT2D eigenvalue weighted by Crippen LogP contribution is 2.29. The minimum Gasteiger partial charge on any atom is -0.497 e. The van der Waals surface area contributed by atoms with Gasteiger partial charge in [0.15, 0.2) is 0 Å². The number of aryl methyl sites for hydroxylation is 1. The number of anilines is 2. The van der Waals surface area contributed by atoms with Crippen molar-refractivity contribution >= 4 is 17.3 Å². The van der Waals surface area contributed by atoms with Gasteiger partial charge >= 0.3 is 0 Å². The number of carbonyl (C=O) groups is 1. The predicted octanol–water partition coefficient (Wildman–Crippen LogP) is 3.18. The van der Waals surface area contributed by atoms with Gasteiger partial charge in [0.25, 0.3) is 5.91 Å². The van der Waals surface area contributed by atoms with Crippen molar-refractivity contribution in [3.63, 3.8) is 0 Å². The van der Waals surface area contributed by atoms with Crippen LogP contribution in [0.25, 0.3) is 0 Å². The van der Waals surface area contributed by atoms with E-state index in [4.69, 9.17) is 9.47 Å². The average Bonchev–Trinajstić information content (AvgIpc) is 2.77. The summed E-state index contributed by atoms with van der Waals surface area (Å²) in [6, 6.07) is 15.5. The maximum atomic E-state index is 12.7. The molecule has 7 heteroatoms. The number of nitrogens with one attached hydrogen (secondary N) is 1. The molecule has 1 fully saturated rings. The average molecular weight is 406 g/mol. The molecule has 1 saturated heterocycles. The van der Waals surface area contributed by atoms with E-state index in [1.165, 1.54) is 18.4 Å². The van der Waals surface area contributed by atoms with E-state index in [-0.39, 0.29) is 5.57 Å². The van der Waals surface area contributed by atoms with Crippen LogP contribution in [0.5, 0.6) is 11.5 Å². The summed E-state index contributed by atoms with van der Waals surface area (Å²) in [5.41, 5.74) is 2.92. The van der Waals surface area contributed by atoms with Gasteiger partial charge in [0.05, 0.1) is 19.9 Å². The fourth-order valence-electron chi connectivity index (χ4n) is 3.36. The number of carbonyl (C=O) groups excluding carboxylic acids is 1. The third-order valence-electron chi connectivity index (χ3n) is 5.01. The summed E-state index contributed by atoms with van der Waals surface area (Å²) in [4.78, 5) is 17.0. The molecule has 2 aromatic carbocycles. The number of nitrogens with zero attached hydrogens (tertiary/aromatic N) is 3. The summed E-state index contributed by atoms with van der Waals surface area (Å²) in [5, 5.41) is 12.3. The highest BCUT2D eigenvalue weighted by Gasteiger charge is 2.19. The van der Waals surface area contributed by atoms with E-state index in [2.05, 4.69) is 41.4 Å². The normalized spacial score (nSPS) is 14.1. The number of methoxy groups -OCH3 is 2. The Hall–Kier alpha value is -3.66.